The summed E-state index contributed by atoms with van der Waals surface area (Å²) in [6.07, 6.45) is 6.65. The lowest BCUT2D eigenvalue weighted by Crippen LogP contribution is -2.39. The number of nitrogens with zero attached hydrogens (tertiary/aromatic N) is 5. The van der Waals surface area contributed by atoms with E-state index in [9.17, 15) is 4.79 Å². The number of fused-ring (bicyclic) bond motifs is 1. The van der Waals surface area contributed by atoms with Crippen LogP contribution in [0.3, 0.4) is 0 Å². The van der Waals surface area contributed by atoms with Crippen LogP contribution in [0.1, 0.15) is 42.0 Å². The summed E-state index contributed by atoms with van der Waals surface area (Å²) < 4.78 is 0. The molecule has 0 saturated carbocycles. The summed E-state index contributed by atoms with van der Waals surface area (Å²) in [5.41, 5.74) is 4.71. The first-order valence-corrected chi connectivity index (χ1v) is 14.3. The van der Waals surface area contributed by atoms with Crippen LogP contribution in [0.2, 0.25) is 0 Å². The van der Waals surface area contributed by atoms with Crippen molar-refractivity contribution in [3.05, 3.63) is 71.8 Å². The third-order valence-corrected chi connectivity index (χ3v) is 7.63. The maximum Gasteiger partial charge on any atom is 0.253 e. The minimum atomic E-state index is -0.172. The summed E-state index contributed by atoms with van der Waals surface area (Å²) in [5.74, 6) is 2.16. The Hall–Kier alpha value is -3.56. The minimum Gasteiger partial charge on any atom is -0.400 e. The number of aromatic nitrogens is 4. The molecule has 0 bridgehead atoms. The molecule has 1 fully saturated rings. The lowest BCUT2D eigenvalue weighted by molar-refractivity contribution is 0.0950. The topological polar surface area (TPSA) is 104 Å². The van der Waals surface area contributed by atoms with Gasteiger partial charge in [0.15, 0.2) is 0 Å². The van der Waals surface area contributed by atoms with Gasteiger partial charge in [-0.2, -0.15) is 0 Å². The molecule has 2 N–H and O–H groups in total. The number of carbonyl (C=O) groups is 1. The Morgan fingerprint density at radius 2 is 1.77 bits per heavy atom. The molecule has 2 unspecified atom stereocenters. The van der Waals surface area contributed by atoms with Crippen molar-refractivity contribution in [3.63, 3.8) is 0 Å². The number of hydrogen-bond donors (Lipinski definition) is 2. The van der Waals surface area contributed by atoms with Crippen LogP contribution in [0.4, 0.5) is 5.82 Å². The molecular weight excluding hydrogens is 508 g/mol. The maximum absolute atomic E-state index is 12.7. The lowest BCUT2D eigenvalue weighted by Gasteiger charge is -2.35. The van der Waals surface area contributed by atoms with E-state index in [1.54, 1.807) is 24.2 Å². The van der Waals surface area contributed by atoms with E-state index >= 15 is 0 Å². The average Bonchev–Trinajstić information content (AvgIpc) is 2.96. The number of piperidine rings is 1. The highest BCUT2D eigenvalue weighted by atomic mass is 32.2. The van der Waals surface area contributed by atoms with Crippen LogP contribution in [0.5, 0.6) is 0 Å². The van der Waals surface area contributed by atoms with Crippen LogP contribution >= 0.6 is 11.8 Å². The number of aryl methyl sites for hydroxylation is 1. The van der Waals surface area contributed by atoms with Crippen LogP contribution in [-0.4, -0.2) is 57.4 Å². The predicted octanol–water partition coefficient (Wildman–Crippen LogP) is 5.14. The van der Waals surface area contributed by atoms with E-state index in [1.807, 2.05) is 43.5 Å². The van der Waals surface area contributed by atoms with Crippen molar-refractivity contribution in [1.29, 1.82) is 0 Å². The molecule has 204 valence electrons. The van der Waals surface area contributed by atoms with Gasteiger partial charge >= 0.3 is 0 Å². The average molecular weight is 545 g/mol. The van der Waals surface area contributed by atoms with Crippen LogP contribution in [0, 0.1) is 18.8 Å². The van der Waals surface area contributed by atoms with Gasteiger partial charge in [0.1, 0.15) is 5.82 Å². The van der Waals surface area contributed by atoms with Crippen molar-refractivity contribution in [2.24, 2.45) is 11.8 Å². The van der Waals surface area contributed by atoms with Gasteiger partial charge < -0.3 is 15.3 Å². The molecule has 1 aliphatic rings. The number of rotatable bonds is 6. The fourth-order valence-corrected chi connectivity index (χ4v) is 5.60. The molecule has 9 heteroatoms. The SMILES string of the molecule is CO.CSc1cc(C(=O)NCc2cc3nc(-c4cccc(N5CC(C)CC(C)C5)n4)ccc3cn2)cnc1C. The van der Waals surface area contributed by atoms with Crippen molar-refractivity contribution < 1.29 is 9.90 Å². The van der Waals surface area contributed by atoms with Crippen molar-refractivity contribution in [3.8, 4) is 11.4 Å². The molecule has 0 radical (unpaired) electrons. The first-order valence-electron chi connectivity index (χ1n) is 13.1. The minimum absolute atomic E-state index is 0.172. The molecular formula is C30H36N6O2S. The molecule has 5 rings (SSSR count). The van der Waals surface area contributed by atoms with Crippen LogP contribution in [0.15, 0.2) is 59.8 Å². The van der Waals surface area contributed by atoms with Gasteiger partial charge in [-0.3, -0.25) is 14.8 Å². The van der Waals surface area contributed by atoms with Gasteiger partial charge in [-0.25, -0.2) is 9.97 Å². The standard InChI is InChI=1S/C29H32N6OS.CH4O/c1-18-10-19(2)17-35(16-18)28-7-5-6-24(34-28)25-9-8-21-13-31-23(12-26(21)33-25)15-32-29(36)22-11-27(37-4)20(3)30-14-22;1-2/h5-9,11-14,18-19H,10,15-17H2,1-4H3,(H,32,36);2H,1H3. The van der Waals surface area contributed by atoms with Gasteiger partial charge in [-0.05, 0) is 67.8 Å². The Bertz CT molecular complexity index is 1440. The van der Waals surface area contributed by atoms with Crippen LogP contribution in [-0.2, 0) is 6.54 Å². The number of thioether (sulfide) groups is 1. The molecule has 4 aromatic rings. The van der Waals surface area contributed by atoms with Crippen molar-refractivity contribution in [1.82, 2.24) is 25.3 Å². The quantitative estimate of drug-likeness (QED) is 0.322. The Morgan fingerprint density at radius 3 is 2.51 bits per heavy atom. The molecule has 2 atom stereocenters. The normalized spacial score (nSPS) is 16.9. The van der Waals surface area contributed by atoms with Crippen molar-refractivity contribution >= 4 is 34.4 Å². The summed E-state index contributed by atoms with van der Waals surface area (Å²) in [5, 5.41) is 10.9. The summed E-state index contributed by atoms with van der Waals surface area (Å²) in [7, 11) is 1.00. The number of aliphatic hydroxyl groups excluding tert-OH is 1. The smallest absolute Gasteiger partial charge is 0.253 e. The Labute approximate surface area is 234 Å². The second kappa shape index (κ2) is 13.0. The van der Waals surface area contributed by atoms with Crippen LogP contribution in [0.25, 0.3) is 22.3 Å². The second-order valence-corrected chi connectivity index (χ2v) is 10.8. The molecule has 1 aliphatic heterocycles. The van der Waals surface area contributed by atoms with Gasteiger partial charge in [-0.15, -0.1) is 11.8 Å². The summed E-state index contributed by atoms with van der Waals surface area (Å²) >= 11 is 1.58. The largest absolute Gasteiger partial charge is 0.400 e. The zero-order valence-electron chi connectivity index (χ0n) is 23.2. The van der Waals surface area contributed by atoms with E-state index in [1.165, 1.54) is 6.42 Å². The number of anilines is 1. The van der Waals surface area contributed by atoms with Gasteiger partial charge in [0.2, 0.25) is 0 Å². The lowest BCUT2D eigenvalue weighted by atomic mass is 9.92. The molecule has 39 heavy (non-hydrogen) atoms. The molecule has 1 amide bonds. The van der Waals surface area contributed by atoms with Crippen LogP contribution < -0.4 is 10.2 Å². The number of carbonyl (C=O) groups excluding carboxylic acids is 1. The zero-order valence-corrected chi connectivity index (χ0v) is 24.0. The number of hydrogen-bond acceptors (Lipinski definition) is 8. The number of amides is 1. The van der Waals surface area contributed by atoms with E-state index in [-0.39, 0.29) is 5.91 Å². The fourth-order valence-electron chi connectivity index (χ4n) is 5.01. The summed E-state index contributed by atoms with van der Waals surface area (Å²) in [6, 6.07) is 14.0. The van der Waals surface area contributed by atoms with Gasteiger partial charge in [0.05, 0.1) is 40.4 Å². The summed E-state index contributed by atoms with van der Waals surface area (Å²) in [4.78, 5) is 34.8. The van der Waals surface area contributed by atoms with Gasteiger partial charge in [-0.1, -0.05) is 19.9 Å². The fraction of sp³-hybridized carbons (Fsp3) is 0.367. The zero-order chi connectivity index (χ0) is 27.9. The maximum atomic E-state index is 12.7. The van der Waals surface area contributed by atoms with Gasteiger partial charge in [0, 0.05) is 42.9 Å². The van der Waals surface area contributed by atoms with E-state index in [4.69, 9.17) is 15.1 Å². The molecule has 0 aromatic carbocycles. The molecule has 0 spiro atoms. The molecule has 0 aliphatic carbocycles. The van der Waals surface area contributed by atoms with E-state index in [2.05, 4.69) is 46.2 Å². The number of aliphatic hydroxyl groups is 1. The first kappa shape index (κ1) is 28.4. The highest BCUT2D eigenvalue weighted by molar-refractivity contribution is 7.98. The Morgan fingerprint density at radius 1 is 1.03 bits per heavy atom. The van der Waals surface area contributed by atoms with E-state index < -0.39 is 0 Å². The Kier molecular flexibility index (Phi) is 9.48. The highest BCUT2D eigenvalue weighted by Gasteiger charge is 2.23. The highest BCUT2D eigenvalue weighted by Crippen LogP contribution is 2.27. The van der Waals surface area contributed by atoms with E-state index in [0.29, 0.717) is 23.9 Å². The Balaban J connectivity index is 0.00000172. The third kappa shape index (κ3) is 6.91. The molecule has 4 aromatic heterocycles. The molecule has 8 nitrogen and oxygen atoms in total. The first-order chi connectivity index (χ1) is 18.9. The predicted molar refractivity (Wildman–Crippen MR) is 158 cm³/mol. The van der Waals surface area contributed by atoms with Gasteiger partial charge in [0.25, 0.3) is 5.91 Å². The third-order valence-electron chi connectivity index (χ3n) is 6.77. The molecule has 1 saturated heterocycles. The number of pyridine rings is 4. The second-order valence-electron chi connectivity index (χ2n) is 9.99. The summed E-state index contributed by atoms with van der Waals surface area (Å²) in [6.45, 7) is 8.93. The van der Waals surface area contributed by atoms with Crippen molar-refractivity contribution in [2.45, 2.75) is 38.6 Å². The van der Waals surface area contributed by atoms with E-state index in [0.717, 1.165) is 64.6 Å². The monoisotopic (exact) mass is 544 g/mol. The van der Waals surface area contributed by atoms with Crippen molar-refractivity contribution in [2.75, 3.05) is 31.4 Å². The molecule has 5 heterocycles. The number of nitrogens with one attached hydrogen (secondary N) is 1.